The molecule has 2 aromatic rings. The molecule has 5 nitrogen and oxygen atoms in total. The van der Waals surface area contributed by atoms with E-state index in [1.54, 1.807) is 13.0 Å². The summed E-state index contributed by atoms with van der Waals surface area (Å²) in [6.07, 6.45) is 1.40. The monoisotopic (exact) mass is 291 g/mol. The molecule has 20 heavy (non-hydrogen) atoms. The Morgan fingerprint density at radius 2 is 1.95 bits per heavy atom. The van der Waals surface area contributed by atoms with Gasteiger partial charge in [-0.15, -0.1) is 0 Å². The molecule has 0 bridgehead atoms. The predicted octanol–water partition coefficient (Wildman–Crippen LogP) is 2.19. The molecule has 0 spiro atoms. The van der Waals surface area contributed by atoms with Gasteiger partial charge in [0.2, 0.25) is 0 Å². The van der Waals surface area contributed by atoms with Crippen LogP contribution in [0, 0.1) is 6.92 Å². The molecule has 0 saturated carbocycles. The molecular weight excluding hydrogens is 274 g/mol. The fraction of sp³-hybridized carbons (Fsp3) is 0.214. The SMILES string of the molecule is CCN(c1ccccc1C)S(=O)(=O)c1ccnc(N)c1. The molecule has 1 heterocycles. The molecule has 0 atom stereocenters. The minimum Gasteiger partial charge on any atom is -0.384 e. The highest BCUT2D eigenvalue weighted by molar-refractivity contribution is 7.92. The van der Waals surface area contributed by atoms with Gasteiger partial charge in [-0.25, -0.2) is 13.4 Å². The lowest BCUT2D eigenvalue weighted by Gasteiger charge is -2.24. The van der Waals surface area contributed by atoms with Gasteiger partial charge in [-0.05, 0) is 31.5 Å². The van der Waals surface area contributed by atoms with Crippen LogP contribution in [0.1, 0.15) is 12.5 Å². The lowest BCUT2D eigenvalue weighted by Crippen LogP contribution is -2.31. The number of nitrogens with two attached hydrogens (primary N) is 1. The minimum absolute atomic E-state index is 0.148. The summed E-state index contributed by atoms with van der Waals surface area (Å²) in [4.78, 5) is 3.97. The molecule has 106 valence electrons. The summed E-state index contributed by atoms with van der Waals surface area (Å²) >= 11 is 0. The van der Waals surface area contributed by atoms with Crippen LogP contribution < -0.4 is 10.0 Å². The van der Waals surface area contributed by atoms with E-state index in [1.807, 2.05) is 25.1 Å². The van der Waals surface area contributed by atoms with Crippen LogP contribution in [-0.2, 0) is 10.0 Å². The number of hydrogen-bond acceptors (Lipinski definition) is 4. The molecule has 0 fully saturated rings. The van der Waals surface area contributed by atoms with E-state index in [0.717, 1.165) is 5.56 Å². The number of aromatic nitrogens is 1. The molecule has 0 saturated heterocycles. The van der Waals surface area contributed by atoms with Crippen molar-refractivity contribution in [3.8, 4) is 0 Å². The highest BCUT2D eigenvalue weighted by Gasteiger charge is 2.24. The summed E-state index contributed by atoms with van der Waals surface area (Å²) in [6, 6.07) is 10.2. The zero-order chi connectivity index (χ0) is 14.8. The lowest BCUT2D eigenvalue weighted by molar-refractivity contribution is 0.591. The summed E-state index contributed by atoms with van der Waals surface area (Å²) in [5.41, 5.74) is 7.15. The highest BCUT2D eigenvalue weighted by Crippen LogP contribution is 2.26. The average Bonchev–Trinajstić information content (AvgIpc) is 2.41. The van der Waals surface area contributed by atoms with Crippen LogP contribution in [0.3, 0.4) is 0 Å². The second-order valence-electron chi connectivity index (χ2n) is 4.37. The summed E-state index contributed by atoms with van der Waals surface area (Å²) in [5.74, 6) is 0.187. The third kappa shape index (κ3) is 2.60. The Kier molecular flexibility index (Phi) is 3.94. The van der Waals surface area contributed by atoms with Crippen LogP contribution in [0.15, 0.2) is 47.5 Å². The molecule has 0 aliphatic carbocycles. The van der Waals surface area contributed by atoms with E-state index in [0.29, 0.717) is 12.2 Å². The molecule has 0 aliphatic heterocycles. The quantitative estimate of drug-likeness (QED) is 0.936. The van der Waals surface area contributed by atoms with Crippen molar-refractivity contribution in [1.29, 1.82) is 0 Å². The van der Waals surface area contributed by atoms with Gasteiger partial charge in [0.1, 0.15) is 5.82 Å². The zero-order valence-electron chi connectivity index (χ0n) is 11.4. The van der Waals surface area contributed by atoms with Gasteiger partial charge in [0.25, 0.3) is 10.0 Å². The summed E-state index contributed by atoms with van der Waals surface area (Å²) in [7, 11) is -3.64. The number of benzene rings is 1. The number of nitrogen functional groups attached to an aromatic ring is 1. The van der Waals surface area contributed by atoms with E-state index in [-0.39, 0.29) is 10.7 Å². The van der Waals surface area contributed by atoms with Crippen molar-refractivity contribution < 1.29 is 8.42 Å². The first-order chi connectivity index (χ1) is 9.46. The van der Waals surface area contributed by atoms with E-state index in [9.17, 15) is 8.42 Å². The van der Waals surface area contributed by atoms with Crippen LogP contribution in [0.2, 0.25) is 0 Å². The van der Waals surface area contributed by atoms with Crippen molar-refractivity contribution in [2.24, 2.45) is 0 Å². The second-order valence-corrected chi connectivity index (χ2v) is 6.24. The minimum atomic E-state index is -3.64. The van der Waals surface area contributed by atoms with Crippen LogP contribution in [0.4, 0.5) is 11.5 Å². The smallest absolute Gasteiger partial charge is 0.264 e. The van der Waals surface area contributed by atoms with Gasteiger partial charge < -0.3 is 5.73 Å². The average molecular weight is 291 g/mol. The molecule has 6 heteroatoms. The van der Waals surface area contributed by atoms with Gasteiger partial charge in [0, 0.05) is 18.8 Å². The fourth-order valence-electron chi connectivity index (χ4n) is 2.03. The van der Waals surface area contributed by atoms with Crippen LogP contribution in [0.5, 0.6) is 0 Å². The maximum Gasteiger partial charge on any atom is 0.264 e. The summed E-state index contributed by atoms with van der Waals surface area (Å²) in [6.45, 7) is 4.03. The third-order valence-corrected chi connectivity index (χ3v) is 4.90. The Bertz CT molecular complexity index is 714. The fourth-order valence-corrected chi connectivity index (χ4v) is 3.59. The maximum atomic E-state index is 12.7. The number of rotatable bonds is 4. The standard InChI is InChI=1S/C14H17N3O2S/c1-3-17(13-7-5-4-6-11(13)2)20(18,19)12-8-9-16-14(15)10-12/h4-10H,3H2,1-2H3,(H2,15,16). The summed E-state index contributed by atoms with van der Waals surface area (Å²) < 4.78 is 26.8. The predicted molar refractivity (Wildman–Crippen MR) is 80.0 cm³/mol. The molecule has 1 aromatic heterocycles. The number of pyridine rings is 1. The largest absolute Gasteiger partial charge is 0.384 e. The molecule has 2 rings (SSSR count). The van der Waals surface area contributed by atoms with E-state index >= 15 is 0 Å². The van der Waals surface area contributed by atoms with E-state index < -0.39 is 10.0 Å². The van der Waals surface area contributed by atoms with Crippen molar-refractivity contribution in [2.45, 2.75) is 18.7 Å². The van der Waals surface area contributed by atoms with Crippen molar-refractivity contribution >= 4 is 21.5 Å². The van der Waals surface area contributed by atoms with Gasteiger partial charge in [0.15, 0.2) is 0 Å². The van der Waals surface area contributed by atoms with Gasteiger partial charge in [0.05, 0.1) is 10.6 Å². The van der Waals surface area contributed by atoms with E-state index in [2.05, 4.69) is 4.98 Å². The Balaban J connectivity index is 2.54. The van der Waals surface area contributed by atoms with Crippen molar-refractivity contribution in [2.75, 3.05) is 16.6 Å². The first-order valence-electron chi connectivity index (χ1n) is 6.26. The summed E-state index contributed by atoms with van der Waals surface area (Å²) in [5, 5.41) is 0. The molecule has 2 N–H and O–H groups in total. The van der Waals surface area contributed by atoms with Gasteiger partial charge in [-0.2, -0.15) is 0 Å². The molecule has 0 unspecified atom stereocenters. The highest BCUT2D eigenvalue weighted by atomic mass is 32.2. The molecular formula is C14H17N3O2S. The molecule has 1 aromatic carbocycles. The normalized spacial score (nSPS) is 11.3. The maximum absolute atomic E-state index is 12.7. The topological polar surface area (TPSA) is 76.3 Å². The Hall–Kier alpha value is -2.08. The Morgan fingerprint density at radius 1 is 1.25 bits per heavy atom. The number of nitrogens with zero attached hydrogens (tertiary/aromatic N) is 2. The van der Waals surface area contributed by atoms with Gasteiger partial charge in [-0.3, -0.25) is 4.31 Å². The Morgan fingerprint density at radius 3 is 2.55 bits per heavy atom. The first-order valence-corrected chi connectivity index (χ1v) is 7.70. The Labute approximate surface area is 119 Å². The first kappa shape index (κ1) is 14.3. The number of hydrogen-bond donors (Lipinski definition) is 1. The van der Waals surface area contributed by atoms with Crippen LogP contribution in [-0.4, -0.2) is 19.9 Å². The van der Waals surface area contributed by atoms with E-state index in [1.165, 1.54) is 22.6 Å². The van der Waals surface area contributed by atoms with Crippen molar-refractivity contribution in [3.05, 3.63) is 48.2 Å². The molecule has 0 aliphatic rings. The third-order valence-electron chi connectivity index (χ3n) is 3.01. The van der Waals surface area contributed by atoms with Crippen LogP contribution >= 0.6 is 0 Å². The molecule has 0 radical (unpaired) electrons. The lowest BCUT2D eigenvalue weighted by atomic mass is 10.2. The van der Waals surface area contributed by atoms with Gasteiger partial charge in [-0.1, -0.05) is 18.2 Å². The number of para-hydroxylation sites is 1. The van der Waals surface area contributed by atoms with Gasteiger partial charge >= 0.3 is 0 Å². The molecule has 0 amide bonds. The van der Waals surface area contributed by atoms with Crippen LogP contribution in [0.25, 0.3) is 0 Å². The van der Waals surface area contributed by atoms with Crippen molar-refractivity contribution in [3.63, 3.8) is 0 Å². The number of aryl methyl sites for hydroxylation is 1. The van der Waals surface area contributed by atoms with E-state index in [4.69, 9.17) is 5.73 Å². The second kappa shape index (κ2) is 5.50. The number of anilines is 2. The van der Waals surface area contributed by atoms with Crippen molar-refractivity contribution in [1.82, 2.24) is 4.98 Å². The zero-order valence-corrected chi connectivity index (χ0v) is 12.3. The number of sulfonamides is 1.